The molecule has 1 fully saturated rings. The summed E-state index contributed by atoms with van der Waals surface area (Å²) in [4.78, 5) is 0. The van der Waals surface area contributed by atoms with Gasteiger partial charge >= 0.3 is 0 Å². The first-order valence-electron chi connectivity index (χ1n) is 5.44. The lowest BCUT2D eigenvalue weighted by Gasteiger charge is -2.49. The van der Waals surface area contributed by atoms with Crippen LogP contribution in [0.5, 0.6) is 0 Å². The molecule has 0 aromatic rings. The molecule has 0 aromatic heterocycles. The van der Waals surface area contributed by atoms with Crippen molar-refractivity contribution in [3.8, 4) is 0 Å². The molecule has 1 saturated heterocycles. The predicted octanol–water partition coefficient (Wildman–Crippen LogP) is 0.735. The van der Waals surface area contributed by atoms with Crippen molar-refractivity contribution in [1.29, 1.82) is 0 Å². The van der Waals surface area contributed by atoms with Crippen LogP contribution in [0.1, 0.15) is 41.5 Å². The van der Waals surface area contributed by atoms with E-state index in [1.165, 1.54) is 0 Å². The average Bonchev–Trinajstić information content (AvgIpc) is 1.99. The van der Waals surface area contributed by atoms with Gasteiger partial charge in [-0.2, -0.15) is 0 Å². The van der Waals surface area contributed by atoms with E-state index in [0.717, 1.165) is 0 Å². The van der Waals surface area contributed by atoms with E-state index >= 15 is 0 Å². The van der Waals surface area contributed by atoms with Crippen LogP contribution in [-0.4, -0.2) is 54.9 Å². The number of hydrogen-bond acceptors (Lipinski definition) is 3. The molecule has 0 spiro atoms. The third kappa shape index (κ3) is 3.54. The molecule has 3 radical (unpaired) electrons. The van der Waals surface area contributed by atoms with Gasteiger partial charge in [0.2, 0.25) is 0 Å². The van der Waals surface area contributed by atoms with Crippen LogP contribution >= 0.6 is 0 Å². The fourth-order valence-corrected chi connectivity index (χ4v) is 1.31. The number of hydrogen-bond donors (Lipinski definition) is 0. The lowest BCUT2D eigenvalue weighted by molar-refractivity contribution is 0.289. The Balaban J connectivity index is 2.73. The summed E-state index contributed by atoms with van der Waals surface area (Å²) in [5, 5.41) is 0. The van der Waals surface area contributed by atoms with E-state index in [1.54, 1.807) is 0 Å². The van der Waals surface area contributed by atoms with Gasteiger partial charge in [-0.05, 0) is 59.7 Å². The van der Waals surface area contributed by atoms with E-state index < -0.39 is 0 Å². The molecule has 0 unspecified atom stereocenters. The SMILES string of the molecule is CN1[B]N(C(C)(C)C)[B]N(C(C)(C)C)[B]1. The highest BCUT2D eigenvalue weighted by molar-refractivity contribution is 6.65. The Morgan fingerprint density at radius 2 is 1.00 bits per heavy atom. The monoisotopic (exact) mass is 204 g/mol. The number of rotatable bonds is 0. The van der Waals surface area contributed by atoms with Gasteiger partial charge in [0.1, 0.15) is 0 Å². The molecular formula is C9H21B3N3. The van der Waals surface area contributed by atoms with Gasteiger partial charge in [-0.25, -0.2) is 0 Å². The molecule has 1 aliphatic heterocycles. The molecule has 0 aliphatic carbocycles. The van der Waals surface area contributed by atoms with Gasteiger partial charge in [-0.1, -0.05) is 0 Å². The van der Waals surface area contributed by atoms with Gasteiger partial charge < -0.3 is 14.2 Å². The van der Waals surface area contributed by atoms with Crippen LogP contribution in [0.25, 0.3) is 0 Å². The summed E-state index contributed by atoms with van der Waals surface area (Å²) >= 11 is 0. The van der Waals surface area contributed by atoms with Crippen molar-refractivity contribution in [2.75, 3.05) is 7.05 Å². The van der Waals surface area contributed by atoms with Crippen molar-refractivity contribution in [2.45, 2.75) is 52.6 Å². The zero-order chi connectivity index (χ0) is 11.9. The quantitative estimate of drug-likeness (QED) is 0.538. The van der Waals surface area contributed by atoms with E-state index in [-0.39, 0.29) is 11.1 Å². The highest BCUT2D eigenvalue weighted by Gasteiger charge is 2.36. The summed E-state index contributed by atoms with van der Waals surface area (Å²) in [6.45, 7) is 13.3. The minimum absolute atomic E-state index is 0.117. The molecule has 1 heterocycles. The summed E-state index contributed by atoms with van der Waals surface area (Å²) in [6.07, 6.45) is 0. The lowest BCUT2D eigenvalue weighted by Crippen LogP contribution is -2.68. The third-order valence-corrected chi connectivity index (χ3v) is 2.41. The van der Waals surface area contributed by atoms with Crippen LogP contribution in [0, 0.1) is 0 Å². The van der Waals surface area contributed by atoms with E-state index in [9.17, 15) is 0 Å². The van der Waals surface area contributed by atoms with Crippen LogP contribution in [0.4, 0.5) is 0 Å². The molecule has 15 heavy (non-hydrogen) atoms. The van der Waals surface area contributed by atoms with Crippen molar-refractivity contribution in [3.63, 3.8) is 0 Å². The maximum absolute atomic E-state index is 2.23. The Bertz CT molecular complexity index is 200. The molecule has 0 saturated carbocycles. The zero-order valence-electron chi connectivity index (χ0n) is 11.1. The summed E-state index contributed by atoms with van der Waals surface area (Å²) < 4.78 is 6.56. The molecular weight excluding hydrogens is 183 g/mol. The van der Waals surface area contributed by atoms with Gasteiger partial charge in [-0.15, -0.1) is 0 Å². The largest absolute Gasteiger partial charge is 0.367 e. The maximum atomic E-state index is 2.23. The summed E-state index contributed by atoms with van der Waals surface area (Å²) in [5.41, 5.74) is 0.234. The second-order valence-electron chi connectivity index (χ2n) is 6.17. The summed E-state index contributed by atoms with van der Waals surface area (Å²) in [5.74, 6) is 0. The van der Waals surface area contributed by atoms with Gasteiger partial charge in [0.25, 0.3) is 22.6 Å². The minimum Gasteiger partial charge on any atom is -0.367 e. The normalized spacial score (nSPS) is 21.8. The standard InChI is InChI=1S/C9H21B3N3/c1-8(2,3)14-10-13(7)11-15(12-14)9(4,5)6/h1-7H3. The molecule has 0 bridgehead atoms. The summed E-state index contributed by atoms with van der Waals surface area (Å²) in [7, 11) is 8.45. The molecule has 0 aromatic carbocycles. The van der Waals surface area contributed by atoms with Crippen LogP contribution in [0.3, 0.4) is 0 Å². The van der Waals surface area contributed by atoms with E-state index in [2.05, 4.69) is 85.4 Å². The Kier molecular flexibility index (Phi) is 3.64. The molecule has 0 N–H and O–H groups in total. The van der Waals surface area contributed by atoms with Crippen LogP contribution in [0.2, 0.25) is 0 Å². The van der Waals surface area contributed by atoms with Crippen LogP contribution in [-0.2, 0) is 0 Å². The maximum Gasteiger partial charge on any atom is 0.290 e. The highest BCUT2D eigenvalue weighted by atomic mass is 15.3. The van der Waals surface area contributed by atoms with E-state index in [0.29, 0.717) is 0 Å². The van der Waals surface area contributed by atoms with Gasteiger partial charge in [0.15, 0.2) is 0 Å². The Morgan fingerprint density at radius 1 is 0.667 bits per heavy atom. The van der Waals surface area contributed by atoms with Crippen molar-refractivity contribution in [1.82, 2.24) is 14.2 Å². The second-order valence-corrected chi connectivity index (χ2v) is 6.17. The molecule has 0 amide bonds. The Morgan fingerprint density at radius 3 is 1.27 bits per heavy atom. The van der Waals surface area contributed by atoms with Crippen molar-refractivity contribution in [2.24, 2.45) is 0 Å². The summed E-state index contributed by atoms with van der Waals surface area (Å²) in [6, 6.07) is 0. The first-order chi connectivity index (χ1) is 6.60. The van der Waals surface area contributed by atoms with Crippen LogP contribution in [0.15, 0.2) is 0 Å². The van der Waals surface area contributed by atoms with Gasteiger partial charge in [-0.3, -0.25) is 0 Å². The van der Waals surface area contributed by atoms with E-state index in [4.69, 9.17) is 0 Å². The van der Waals surface area contributed by atoms with Gasteiger partial charge in [0.05, 0.1) is 0 Å². The first kappa shape index (κ1) is 13.1. The fraction of sp³-hybridized carbons (Fsp3) is 1.00. The molecule has 1 aliphatic rings. The van der Waals surface area contributed by atoms with E-state index in [1.807, 2.05) is 0 Å². The zero-order valence-corrected chi connectivity index (χ0v) is 11.1. The highest BCUT2D eigenvalue weighted by Crippen LogP contribution is 2.19. The predicted molar refractivity (Wildman–Crippen MR) is 68.2 cm³/mol. The molecule has 81 valence electrons. The van der Waals surface area contributed by atoms with Crippen molar-refractivity contribution < 1.29 is 0 Å². The molecule has 0 atom stereocenters. The second kappa shape index (κ2) is 4.15. The van der Waals surface area contributed by atoms with Gasteiger partial charge in [0, 0.05) is 0 Å². The smallest absolute Gasteiger partial charge is 0.290 e. The Labute approximate surface area is 97.0 Å². The molecule has 1 rings (SSSR count). The van der Waals surface area contributed by atoms with Crippen molar-refractivity contribution >= 4 is 22.6 Å². The molecule has 3 nitrogen and oxygen atoms in total. The lowest BCUT2D eigenvalue weighted by atomic mass is 9.68. The third-order valence-electron chi connectivity index (χ3n) is 2.41. The minimum atomic E-state index is 0.117. The number of nitrogens with zero attached hydrogens (tertiary/aromatic N) is 3. The average molecular weight is 204 g/mol. The first-order valence-corrected chi connectivity index (χ1v) is 5.44. The Hall–Kier alpha value is 0.0748. The van der Waals surface area contributed by atoms with Crippen LogP contribution < -0.4 is 0 Å². The molecule has 6 heteroatoms. The fourth-order valence-electron chi connectivity index (χ4n) is 1.31. The topological polar surface area (TPSA) is 9.72 Å². The van der Waals surface area contributed by atoms with Crippen molar-refractivity contribution in [3.05, 3.63) is 0 Å².